The van der Waals surface area contributed by atoms with E-state index in [1.54, 1.807) is 0 Å². The first-order valence-corrected chi connectivity index (χ1v) is 14.5. The molecule has 0 spiro atoms. The van der Waals surface area contributed by atoms with E-state index in [4.69, 9.17) is 4.42 Å². The topological polar surface area (TPSA) is 20.9 Å². The van der Waals surface area contributed by atoms with Gasteiger partial charge in [-0.2, -0.15) is 9.13 Å². The molecule has 192 valence electrons. The Hall–Kier alpha value is -3.98. The van der Waals surface area contributed by atoms with Crippen molar-refractivity contribution in [3.05, 3.63) is 113 Å². The number of fused-ring (bicyclic) bond motifs is 13. The smallest absolute Gasteiger partial charge is 0.222 e. The third kappa shape index (κ3) is 3.56. The highest BCUT2D eigenvalue weighted by atomic mass is 16.3. The van der Waals surface area contributed by atoms with Crippen molar-refractivity contribution < 1.29 is 13.6 Å². The number of aryl methyl sites for hydroxylation is 4. The minimum Gasteiger partial charge on any atom is -0.460 e. The maximum Gasteiger partial charge on any atom is 0.222 e. The van der Waals surface area contributed by atoms with Gasteiger partial charge in [-0.3, -0.25) is 0 Å². The molecule has 1 aliphatic carbocycles. The van der Waals surface area contributed by atoms with E-state index in [1.165, 1.54) is 74.3 Å². The minimum atomic E-state index is 0.316. The van der Waals surface area contributed by atoms with Gasteiger partial charge in [-0.15, -0.1) is 0 Å². The Balaban J connectivity index is 1.42. The van der Waals surface area contributed by atoms with Crippen LogP contribution in [0.25, 0.3) is 39.7 Å². The van der Waals surface area contributed by atoms with Crippen molar-refractivity contribution in [1.82, 2.24) is 0 Å². The fourth-order valence-corrected chi connectivity index (χ4v) is 7.42. The van der Waals surface area contributed by atoms with Crippen molar-refractivity contribution in [2.24, 2.45) is 0 Å². The molecule has 2 aromatic carbocycles. The highest BCUT2D eigenvalue weighted by Crippen LogP contribution is 2.45. The maximum atomic E-state index is 6.79. The molecule has 0 N–H and O–H groups in total. The van der Waals surface area contributed by atoms with Crippen LogP contribution < -0.4 is 9.13 Å². The second-order valence-electron chi connectivity index (χ2n) is 11.8. The van der Waals surface area contributed by atoms with Gasteiger partial charge in [0.15, 0.2) is 24.6 Å². The van der Waals surface area contributed by atoms with Gasteiger partial charge in [-0.05, 0) is 74.4 Å². The van der Waals surface area contributed by atoms with Gasteiger partial charge in [0.05, 0.1) is 11.5 Å². The molecule has 39 heavy (non-hydrogen) atoms. The van der Waals surface area contributed by atoms with Crippen LogP contribution in [0.4, 0.5) is 0 Å². The summed E-state index contributed by atoms with van der Waals surface area (Å²) in [6.07, 6.45) is 15.8. The lowest BCUT2D eigenvalue weighted by Crippen LogP contribution is -2.48. The molecule has 3 aliphatic rings. The molecular formula is C36H34N2O+2. The average Bonchev–Trinajstić information content (AvgIpc) is 3.33. The van der Waals surface area contributed by atoms with Crippen LogP contribution in [0.2, 0.25) is 0 Å². The predicted octanol–water partition coefficient (Wildman–Crippen LogP) is 7.59. The second-order valence-corrected chi connectivity index (χ2v) is 11.8. The van der Waals surface area contributed by atoms with E-state index in [2.05, 4.69) is 108 Å². The average molecular weight is 511 g/mol. The van der Waals surface area contributed by atoms with E-state index in [0.29, 0.717) is 12.0 Å². The zero-order valence-corrected chi connectivity index (χ0v) is 22.8. The first-order valence-electron chi connectivity index (χ1n) is 14.5. The molecule has 0 fully saturated rings. The number of allylic oxidation sites excluding steroid dienone is 1. The fraction of sp³-hybridized carbons (Fsp3) is 0.278. The van der Waals surface area contributed by atoms with E-state index in [1.807, 2.05) is 0 Å². The predicted molar refractivity (Wildman–Crippen MR) is 155 cm³/mol. The lowest BCUT2D eigenvalue weighted by atomic mass is 9.77. The molecule has 0 bridgehead atoms. The molecule has 2 atom stereocenters. The van der Waals surface area contributed by atoms with E-state index in [9.17, 15) is 0 Å². The van der Waals surface area contributed by atoms with Gasteiger partial charge in [-0.1, -0.05) is 30.3 Å². The molecule has 5 heterocycles. The number of nitrogens with zero attached hydrogens (tertiary/aromatic N) is 2. The lowest BCUT2D eigenvalue weighted by Gasteiger charge is -2.31. The number of pyridine rings is 2. The molecule has 2 aliphatic heterocycles. The van der Waals surface area contributed by atoms with Crippen molar-refractivity contribution in [3.63, 3.8) is 0 Å². The highest BCUT2D eigenvalue weighted by Gasteiger charge is 2.41. The summed E-state index contributed by atoms with van der Waals surface area (Å²) in [5.74, 6) is 1.59. The van der Waals surface area contributed by atoms with Crippen LogP contribution in [-0.4, -0.2) is 0 Å². The molecule has 0 saturated carbocycles. The zero-order chi connectivity index (χ0) is 26.1. The van der Waals surface area contributed by atoms with Gasteiger partial charge in [0.2, 0.25) is 11.4 Å². The summed E-state index contributed by atoms with van der Waals surface area (Å²) in [7, 11) is 0. The number of benzene rings is 2. The van der Waals surface area contributed by atoms with Crippen LogP contribution in [0.5, 0.6) is 0 Å². The first kappa shape index (κ1) is 23.0. The van der Waals surface area contributed by atoms with Gasteiger partial charge in [0.25, 0.3) is 0 Å². The summed E-state index contributed by atoms with van der Waals surface area (Å²) in [5, 5.41) is 1.31. The van der Waals surface area contributed by atoms with Gasteiger partial charge >= 0.3 is 0 Å². The van der Waals surface area contributed by atoms with Crippen LogP contribution >= 0.6 is 0 Å². The summed E-state index contributed by atoms with van der Waals surface area (Å²) < 4.78 is 11.7. The Morgan fingerprint density at radius 2 is 1.77 bits per heavy atom. The molecule has 0 saturated heterocycles. The number of hydrogen-bond donors (Lipinski definition) is 0. The van der Waals surface area contributed by atoms with Crippen LogP contribution in [0.3, 0.4) is 0 Å². The standard InChI is InChI=1S/C36H34N2O/c1-23-17-19-37-18-7-11-28-26-8-3-4-9-27(26)31-16-13-24(2)22-38(31)32(28)21-25-14-15-30-29-10-5-6-12-34(29)39-36(30)35(25)33(37)20-23/h3-4,7-9,13-20,22,28,32H,5-6,10-12,21H2,1-2H3/q+2. The normalized spacial score (nSPS) is 19.3. The lowest BCUT2D eigenvalue weighted by molar-refractivity contribution is -0.718. The molecule has 3 nitrogen and oxygen atoms in total. The van der Waals surface area contributed by atoms with Crippen molar-refractivity contribution in [1.29, 1.82) is 0 Å². The summed E-state index contributed by atoms with van der Waals surface area (Å²) in [5.41, 5.74) is 13.1. The van der Waals surface area contributed by atoms with Gasteiger partial charge in [0.1, 0.15) is 11.3 Å². The molecule has 5 aromatic rings. The van der Waals surface area contributed by atoms with Crippen LogP contribution in [-0.2, 0) is 19.3 Å². The van der Waals surface area contributed by atoms with Crippen LogP contribution in [0.15, 0.2) is 83.6 Å². The highest BCUT2D eigenvalue weighted by molar-refractivity contribution is 5.95. The summed E-state index contributed by atoms with van der Waals surface area (Å²) in [6.45, 7) is 4.41. The molecule has 0 amide bonds. The van der Waals surface area contributed by atoms with E-state index < -0.39 is 0 Å². The zero-order valence-electron chi connectivity index (χ0n) is 22.8. The second kappa shape index (κ2) is 8.77. The van der Waals surface area contributed by atoms with Crippen molar-refractivity contribution >= 4 is 17.2 Å². The summed E-state index contributed by atoms with van der Waals surface area (Å²) >= 11 is 0. The molecule has 8 rings (SSSR count). The number of rotatable bonds is 0. The third-order valence-electron chi connectivity index (χ3n) is 9.28. The number of furan rings is 1. The van der Waals surface area contributed by atoms with Crippen molar-refractivity contribution in [3.8, 4) is 22.5 Å². The largest absolute Gasteiger partial charge is 0.460 e. The Morgan fingerprint density at radius 1 is 0.872 bits per heavy atom. The van der Waals surface area contributed by atoms with Crippen molar-refractivity contribution in [2.75, 3.05) is 0 Å². The first-order chi connectivity index (χ1) is 19.2. The molecular weight excluding hydrogens is 476 g/mol. The van der Waals surface area contributed by atoms with Gasteiger partial charge in [0, 0.05) is 53.1 Å². The maximum absolute atomic E-state index is 6.79. The molecule has 3 aromatic heterocycles. The molecule has 3 heteroatoms. The molecule has 2 unspecified atom stereocenters. The quantitative estimate of drug-likeness (QED) is 0.197. The van der Waals surface area contributed by atoms with Crippen LogP contribution in [0.1, 0.15) is 64.8 Å². The van der Waals surface area contributed by atoms with Gasteiger partial charge < -0.3 is 4.42 Å². The summed E-state index contributed by atoms with van der Waals surface area (Å²) in [4.78, 5) is 0. The van der Waals surface area contributed by atoms with Gasteiger partial charge in [-0.25, -0.2) is 0 Å². The van der Waals surface area contributed by atoms with E-state index in [0.717, 1.165) is 31.3 Å². The Bertz CT molecular complexity index is 1810. The Labute approximate surface area is 230 Å². The number of hydrogen-bond acceptors (Lipinski definition) is 1. The number of aromatic nitrogens is 2. The molecule has 0 radical (unpaired) electrons. The third-order valence-corrected chi connectivity index (χ3v) is 9.28. The Kier molecular flexibility index (Phi) is 5.16. The summed E-state index contributed by atoms with van der Waals surface area (Å²) in [6, 6.07) is 23.2. The van der Waals surface area contributed by atoms with E-state index >= 15 is 0 Å². The SMILES string of the molecule is Cc1cc[n+]2c(c1)-c1c(ccc3c4c(oc13)CCCC4)CC1C(CC=C2)c2ccccc2-c2ccc(C)c[n+]21. The minimum absolute atomic E-state index is 0.316. The monoisotopic (exact) mass is 510 g/mol. The van der Waals surface area contributed by atoms with E-state index in [-0.39, 0.29) is 0 Å². The fourth-order valence-electron chi connectivity index (χ4n) is 7.42. The van der Waals surface area contributed by atoms with Crippen LogP contribution in [0, 0.1) is 13.8 Å². The van der Waals surface area contributed by atoms with Crippen molar-refractivity contribution in [2.45, 2.75) is 64.3 Å². The Morgan fingerprint density at radius 3 is 2.72 bits per heavy atom.